The standard InChI is InChI=1S/C22H25ClN6O2S/c1-12-13(2)32-22-19(12)20(15-6-8-16(23)9-7-15)25-17(21-27-26-14(3)29(21)22)10-18(30)24-11-28(4)31-5/h6-9,17H,10-11H2,1-5H3,(H,24,30)/t17-/m0/s1. The number of aromatic nitrogens is 3. The molecule has 0 bridgehead atoms. The number of aliphatic imine (C=N–C) groups is 1. The lowest BCUT2D eigenvalue weighted by molar-refractivity contribution is -0.134. The van der Waals surface area contributed by atoms with E-state index < -0.39 is 6.04 Å². The Bertz CT molecular complexity index is 1180. The molecule has 2 aromatic heterocycles. The van der Waals surface area contributed by atoms with Gasteiger partial charge < -0.3 is 10.2 Å². The molecule has 1 aromatic carbocycles. The van der Waals surface area contributed by atoms with Gasteiger partial charge in [-0.2, -0.15) is 5.06 Å². The molecule has 1 aliphatic heterocycles. The number of hydrogen-bond acceptors (Lipinski definition) is 7. The molecule has 1 N–H and O–H groups in total. The number of thiophene rings is 1. The summed E-state index contributed by atoms with van der Waals surface area (Å²) >= 11 is 7.82. The highest BCUT2D eigenvalue weighted by molar-refractivity contribution is 7.15. The summed E-state index contributed by atoms with van der Waals surface area (Å²) in [4.78, 5) is 24.1. The number of nitrogens with zero attached hydrogens (tertiary/aromatic N) is 5. The third-order valence-corrected chi connectivity index (χ3v) is 6.99. The van der Waals surface area contributed by atoms with E-state index in [1.165, 1.54) is 9.94 Å². The summed E-state index contributed by atoms with van der Waals surface area (Å²) in [5.74, 6) is 1.27. The van der Waals surface area contributed by atoms with Gasteiger partial charge in [-0.25, -0.2) is 0 Å². The Balaban J connectivity index is 1.83. The van der Waals surface area contributed by atoms with Gasteiger partial charge in [0.1, 0.15) is 16.9 Å². The van der Waals surface area contributed by atoms with Gasteiger partial charge in [-0.1, -0.05) is 23.7 Å². The van der Waals surface area contributed by atoms with Gasteiger partial charge in [0.15, 0.2) is 5.82 Å². The fraction of sp³-hybridized carbons (Fsp3) is 0.364. The van der Waals surface area contributed by atoms with Crippen molar-refractivity contribution < 1.29 is 9.63 Å². The van der Waals surface area contributed by atoms with Crippen LogP contribution in [0.25, 0.3) is 5.00 Å². The van der Waals surface area contributed by atoms with E-state index in [1.54, 1.807) is 25.5 Å². The van der Waals surface area contributed by atoms with Gasteiger partial charge in [0, 0.05) is 28.1 Å². The van der Waals surface area contributed by atoms with Gasteiger partial charge in [-0.3, -0.25) is 14.4 Å². The van der Waals surface area contributed by atoms with Crippen LogP contribution in [-0.2, 0) is 9.63 Å². The topological polar surface area (TPSA) is 84.6 Å². The number of halogens is 1. The lowest BCUT2D eigenvalue weighted by Gasteiger charge is -2.16. The number of nitrogens with one attached hydrogen (secondary N) is 1. The molecule has 1 aliphatic rings. The fourth-order valence-electron chi connectivity index (χ4n) is 3.64. The molecule has 0 spiro atoms. The molecule has 32 heavy (non-hydrogen) atoms. The fourth-order valence-corrected chi connectivity index (χ4v) is 4.98. The summed E-state index contributed by atoms with van der Waals surface area (Å²) in [5.41, 5.74) is 3.97. The molecular weight excluding hydrogens is 448 g/mol. The molecule has 0 aliphatic carbocycles. The number of hydrogen-bond donors (Lipinski definition) is 1. The summed E-state index contributed by atoms with van der Waals surface area (Å²) in [6, 6.07) is 7.13. The lowest BCUT2D eigenvalue weighted by atomic mass is 9.99. The van der Waals surface area contributed by atoms with Crippen molar-refractivity contribution in [1.29, 1.82) is 0 Å². The van der Waals surface area contributed by atoms with Crippen molar-refractivity contribution in [3.8, 4) is 5.00 Å². The van der Waals surface area contributed by atoms with Gasteiger partial charge in [0.25, 0.3) is 0 Å². The predicted octanol–water partition coefficient (Wildman–Crippen LogP) is 3.76. The SMILES string of the molecule is CON(C)CNC(=O)C[C@@H]1N=C(c2ccc(Cl)cc2)c2c(sc(C)c2C)-n2c(C)nnc21. The largest absolute Gasteiger partial charge is 0.341 e. The summed E-state index contributed by atoms with van der Waals surface area (Å²) in [7, 11) is 3.29. The van der Waals surface area contributed by atoms with E-state index in [1.807, 2.05) is 35.8 Å². The average molecular weight is 473 g/mol. The zero-order valence-electron chi connectivity index (χ0n) is 18.6. The molecule has 3 heterocycles. The zero-order chi connectivity index (χ0) is 23.0. The monoisotopic (exact) mass is 472 g/mol. The number of benzene rings is 1. The molecule has 10 heteroatoms. The van der Waals surface area contributed by atoms with Crippen LogP contribution in [0, 0.1) is 20.8 Å². The molecule has 0 fully saturated rings. The third kappa shape index (κ3) is 4.21. The summed E-state index contributed by atoms with van der Waals surface area (Å²) in [5, 5.41) is 14.8. The molecule has 168 valence electrons. The molecule has 0 saturated heterocycles. The van der Waals surface area contributed by atoms with E-state index in [0.717, 1.165) is 33.2 Å². The second-order valence-corrected chi connectivity index (χ2v) is 9.32. The Morgan fingerprint density at radius 2 is 1.97 bits per heavy atom. The first-order valence-electron chi connectivity index (χ1n) is 10.2. The Kier molecular flexibility index (Phi) is 6.43. The van der Waals surface area contributed by atoms with Crippen molar-refractivity contribution >= 4 is 34.6 Å². The number of fused-ring (bicyclic) bond motifs is 3. The number of hydroxylamine groups is 2. The van der Waals surface area contributed by atoms with Crippen LogP contribution in [0.2, 0.25) is 5.02 Å². The van der Waals surface area contributed by atoms with E-state index in [2.05, 4.69) is 29.4 Å². The summed E-state index contributed by atoms with van der Waals surface area (Å²) in [6.45, 7) is 6.39. The molecule has 8 nitrogen and oxygen atoms in total. The van der Waals surface area contributed by atoms with Crippen LogP contribution in [0.4, 0.5) is 0 Å². The Labute approximate surface area is 195 Å². The first-order chi connectivity index (χ1) is 15.3. The number of amides is 1. The molecule has 1 amide bonds. The van der Waals surface area contributed by atoms with Crippen LogP contribution in [0.3, 0.4) is 0 Å². The number of rotatable bonds is 6. The van der Waals surface area contributed by atoms with Gasteiger partial charge in [-0.15, -0.1) is 21.5 Å². The normalized spacial score (nSPS) is 15.2. The number of carbonyl (C=O) groups is 1. The third-order valence-electron chi connectivity index (χ3n) is 5.55. The number of carbonyl (C=O) groups excluding carboxylic acids is 1. The smallest absolute Gasteiger partial charge is 0.223 e. The van der Waals surface area contributed by atoms with Crippen molar-refractivity contribution in [2.75, 3.05) is 20.8 Å². The second kappa shape index (κ2) is 9.11. The minimum Gasteiger partial charge on any atom is -0.341 e. The van der Waals surface area contributed by atoms with Gasteiger partial charge >= 0.3 is 0 Å². The maximum absolute atomic E-state index is 12.7. The molecule has 4 rings (SSSR count). The molecule has 3 aromatic rings. The minimum absolute atomic E-state index is 0.139. The van der Waals surface area contributed by atoms with Crippen molar-refractivity contribution in [2.24, 2.45) is 4.99 Å². The number of aryl methyl sites for hydroxylation is 2. The van der Waals surface area contributed by atoms with Crippen LogP contribution >= 0.6 is 22.9 Å². The molecule has 0 unspecified atom stereocenters. The van der Waals surface area contributed by atoms with Crippen molar-refractivity contribution in [3.05, 3.63) is 62.5 Å². The van der Waals surface area contributed by atoms with Crippen LogP contribution in [0.5, 0.6) is 0 Å². The van der Waals surface area contributed by atoms with Crippen molar-refractivity contribution in [2.45, 2.75) is 33.2 Å². The molecular formula is C22H25ClN6O2S. The predicted molar refractivity (Wildman–Crippen MR) is 126 cm³/mol. The highest BCUT2D eigenvalue weighted by atomic mass is 35.5. The lowest BCUT2D eigenvalue weighted by Crippen LogP contribution is -2.35. The van der Waals surface area contributed by atoms with E-state index >= 15 is 0 Å². The van der Waals surface area contributed by atoms with E-state index in [4.69, 9.17) is 21.4 Å². The average Bonchev–Trinajstić information content (AvgIpc) is 3.25. The van der Waals surface area contributed by atoms with Crippen LogP contribution in [0.1, 0.15) is 45.7 Å². The van der Waals surface area contributed by atoms with E-state index in [0.29, 0.717) is 10.8 Å². The Morgan fingerprint density at radius 3 is 2.66 bits per heavy atom. The van der Waals surface area contributed by atoms with E-state index in [-0.39, 0.29) is 19.0 Å². The van der Waals surface area contributed by atoms with Gasteiger partial charge in [0.05, 0.1) is 25.9 Å². The summed E-state index contributed by atoms with van der Waals surface area (Å²) in [6.07, 6.45) is 0.139. The zero-order valence-corrected chi connectivity index (χ0v) is 20.2. The van der Waals surface area contributed by atoms with Crippen LogP contribution in [0.15, 0.2) is 29.3 Å². The quantitative estimate of drug-likeness (QED) is 0.436. The molecule has 0 radical (unpaired) electrons. The maximum atomic E-state index is 12.7. The van der Waals surface area contributed by atoms with Crippen molar-refractivity contribution in [3.63, 3.8) is 0 Å². The first-order valence-corrected chi connectivity index (χ1v) is 11.4. The van der Waals surface area contributed by atoms with Crippen LogP contribution in [-0.4, -0.2) is 52.3 Å². The van der Waals surface area contributed by atoms with E-state index in [9.17, 15) is 4.79 Å². The first kappa shape index (κ1) is 22.6. The highest BCUT2D eigenvalue weighted by Crippen LogP contribution is 2.39. The van der Waals surface area contributed by atoms with Gasteiger partial charge in [0.2, 0.25) is 5.91 Å². The minimum atomic E-state index is -0.492. The highest BCUT2D eigenvalue weighted by Gasteiger charge is 2.32. The van der Waals surface area contributed by atoms with Crippen LogP contribution < -0.4 is 5.32 Å². The Hall–Kier alpha value is -2.59. The second-order valence-electron chi connectivity index (χ2n) is 7.68. The Morgan fingerprint density at radius 1 is 1.25 bits per heavy atom. The van der Waals surface area contributed by atoms with Crippen molar-refractivity contribution in [1.82, 2.24) is 25.1 Å². The molecule has 1 atom stereocenters. The summed E-state index contributed by atoms with van der Waals surface area (Å²) < 4.78 is 2.03. The maximum Gasteiger partial charge on any atom is 0.223 e. The van der Waals surface area contributed by atoms with Gasteiger partial charge in [-0.05, 0) is 38.5 Å². The molecule has 0 saturated carbocycles.